The van der Waals surface area contributed by atoms with Crippen molar-refractivity contribution < 1.29 is 4.74 Å². The molecule has 1 aromatic rings. The second-order valence-electron chi connectivity index (χ2n) is 5.17. The number of hydrogen-bond acceptors (Lipinski definition) is 2. The number of aromatic nitrogens is 1. The lowest BCUT2D eigenvalue weighted by Crippen LogP contribution is -2.24. The van der Waals surface area contributed by atoms with E-state index in [1.807, 2.05) is 0 Å². The van der Waals surface area contributed by atoms with Crippen LogP contribution in [0.5, 0.6) is 5.75 Å². The van der Waals surface area contributed by atoms with Gasteiger partial charge < -0.3 is 4.74 Å². The molecule has 1 aliphatic carbocycles. The van der Waals surface area contributed by atoms with Crippen molar-refractivity contribution in [3.8, 4) is 5.75 Å². The van der Waals surface area contributed by atoms with Crippen LogP contribution in [0.1, 0.15) is 52.9 Å². The largest absolute Gasteiger partial charge is 0.490 e. The van der Waals surface area contributed by atoms with E-state index in [2.05, 4.69) is 25.8 Å². The smallest absolute Gasteiger partial charge is 0.134 e. The van der Waals surface area contributed by atoms with Crippen molar-refractivity contribution in [2.24, 2.45) is 5.92 Å². The van der Waals surface area contributed by atoms with Crippen LogP contribution in [-0.4, -0.2) is 11.1 Å². The Kier molecular flexibility index (Phi) is 7.55. The molecule has 1 aliphatic rings. The molecule has 1 heterocycles. The molecule has 0 spiro atoms. The lowest BCUT2D eigenvalue weighted by molar-refractivity contribution is 0.129. The maximum atomic E-state index is 5.88. The van der Waals surface area contributed by atoms with Gasteiger partial charge >= 0.3 is 0 Å². The normalized spacial score (nSPS) is 22.4. The predicted octanol–water partition coefficient (Wildman–Crippen LogP) is 5.76. The van der Waals surface area contributed by atoms with Crippen molar-refractivity contribution in [3.63, 3.8) is 0 Å². The number of halogens is 2. The highest BCUT2D eigenvalue weighted by Gasteiger charge is 2.20. The highest BCUT2D eigenvalue weighted by Crippen LogP contribution is 2.29. The Hall–Kier alpha value is -0.470. The van der Waals surface area contributed by atoms with E-state index in [0.29, 0.717) is 16.4 Å². The molecular weight excluding hydrogens is 281 g/mol. The van der Waals surface area contributed by atoms with E-state index >= 15 is 0 Å². The summed E-state index contributed by atoms with van der Waals surface area (Å²) in [6.45, 7) is 6.52. The van der Waals surface area contributed by atoms with E-state index in [4.69, 9.17) is 27.9 Å². The van der Waals surface area contributed by atoms with Gasteiger partial charge in [0.1, 0.15) is 16.1 Å². The Morgan fingerprint density at radius 2 is 1.79 bits per heavy atom. The van der Waals surface area contributed by atoms with E-state index in [1.54, 1.807) is 12.1 Å². The minimum Gasteiger partial charge on any atom is -0.490 e. The van der Waals surface area contributed by atoms with Gasteiger partial charge in [-0.15, -0.1) is 0 Å². The van der Waals surface area contributed by atoms with Gasteiger partial charge in [-0.3, -0.25) is 0 Å². The summed E-state index contributed by atoms with van der Waals surface area (Å²) in [5, 5.41) is 0.762. The van der Waals surface area contributed by atoms with Gasteiger partial charge in [-0.25, -0.2) is 4.98 Å². The highest BCUT2D eigenvalue weighted by molar-refractivity contribution is 6.32. The standard InChI is InChI=1S/C12H15Cl2NO.C3H8/c1-8-3-2-4-9(5-8)16-10-6-11(13)15-12(14)7-10;1-3-2/h6-9H,2-5H2,1H3;3H2,1-2H3. The predicted molar refractivity (Wildman–Crippen MR) is 82.3 cm³/mol. The van der Waals surface area contributed by atoms with Gasteiger partial charge in [0.15, 0.2) is 0 Å². The topological polar surface area (TPSA) is 22.1 Å². The van der Waals surface area contributed by atoms with Gasteiger partial charge in [0.25, 0.3) is 0 Å². The Labute approximate surface area is 126 Å². The second kappa shape index (κ2) is 8.65. The number of pyridine rings is 1. The average molecular weight is 304 g/mol. The molecule has 108 valence electrons. The van der Waals surface area contributed by atoms with Gasteiger partial charge in [-0.05, 0) is 25.2 Å². The first-order valence-electron chi connectivity index (χ1n) is 7.04. The monoisotopic (exact) mass is 303 g/mol. The molecule has 19 heavy (non-hydrogen) atoms. The van der Waals surface area contributed by atoms with Gasteiger partial charge in [0.2, 0.25) is 0 Å². The van der Waals surface area contributed by atoms with E-state index in [-0.39, 0.29) is 0 Å². The van der Waals surface area contributed by atoms with Crippen LogP contribution in [0.4, 0.5) is 0 Å². The van der Waals surface area contributed by atoms with Crippen LogP contribution >= 0.6 is 23.2 Å². The fourth-order valence-electron chi connectivity index (χ4n) is 2.19. The average Bonchev–Trinajstić information content (AvgIpc) is 2.28. The van der Waals surface area contributed by atoms with Gasteiger partial charge in [0.05, 0.1) is 6.10 Å². The van der Waals surface area contributed by atoms with E-state index in [9.17, 15) is 0 Å². The highest BCUT2D eigenvalue weighted by atomic mass is 35.5. The first-order valence-corrected chi connectivity index (χ1v) is 7.80. The molecule has 2 nitrogen and oxygen atoms in total. The summed E-state index contributed by atoms with van der Waals surface area (Å²) in [6, 6.07) is 3.43. The number of rotatable bonds is 2. The van der Waals surface area contributed by atoms with Gasteiger partial charge in [0, 0.05) is 12.1 Å². The third-order valence-electron chi connectivity index (χ3n) is 2.93. The van der Waals surface area contributed by atoms with Crippen LogP contribution in [0.2, 0.25) is 10.3 Å². The summed E-state index contributed by atoms with van der Waals surface area (Å²) in [5.41, 5.74) is 0. The molecule has 0 amide bonds. The number of nitrogens with zero attached hydrogens (tertiary/aromatic N) is 1. The molecular formula is C15H23Cl2NO. The van der Waals surface area contributed by atoms with Crippen LogP contribution < -0.4 is 4.74 Å². The SMILES string of the molecule is CC1CCCC(Oc2cc(Cl)nc(Cl)c2)C1.CCC. The molecule has 0 aliphatic heterocycles. The van der Waals surface area contributed by atoms with Crippen LogP contribution in [0, 0.1) is 5.92 Å². The summed E-state index contributed by atoms with van der Waals surface area (Å²) < 4.78 is 5.88. The molecule has 1 saturated carbocycles. The molecule has 0 N–H and O–H groups in total. The van der Waals surface area contributed by atoms with Crippen molar-refractivity contribution in [1.29, 1.82) is 0 Å². The Bertz CT molecular complexity index is 364. The zero-order chi connectivity index (χ0) is 14.3. The molecule has 1 aromatic heterocycles. The Morgan fingerprint density at radius 3 is 2.32 bits per heavy atom. The van der Waals surface area contributed by atoms with Gasteiger partial charge in [-0.2, -0.15) is 0 Å². The number of ether oxygens (including phenoxy) is 1. The molecule has 0 bridgehead atoms. The quantitative estimate of drug-likeness (QED) is 0.648. The molecule has 0 aromatic carbocycles. The Morgan fingerprint density at radius 1 is 1.21 bits per heavy atom. The first kappa shape index (κ1) is 16.6. The summed E-state index contributed by atoms with van der Waals surface area (Å²) in [6.07, 6.45) is 6.30. The van der Waals surface area contributed by atoms with Crippen molar-refractivity contribution in [1.82, 2.24) is 4.98 Å². The minimum atomic E-state index is 0.290. The zero-order valence-electron chi connectivity index (χ0n) is 12.0. The molecule has 2 unspecified atom stereocenters. The zero-order valence-corrected chi connectivity index (χ0v) is 13.5. The van der Waals surface area contributed by atoms with E-state index < -0.39 is 0 Å². The summed E-state index contributed by atoms with van der Waals surface area (Å²) in [5.74, 6) is 1.47. The van der Waals surface area contributed by atoms with Crippen LogP contribution in [-0.2, 0) is 0 Å². The molecule has 2 rings (SSSR count). The van der Waals surface area contributed by atoms with Crippen molar-refractivity contribution in [2.75, 3.05) is 0 Å². The van der Waals surface area contributed by atoms with Crippen LogP contribution in [0.25, 0.3) is 0 Å². The lowest BCUT2D eigenvalue weighted by atomic mass is 9.89. The van der Waals surface area contributed by atoms with E-state index in [0.717, 1.165) is 24.5 Å². The van der Waals surface area contributed by atoms with E-state index in [1.165, 1.54) is 19.3 Å². The lowest BCUT2D eigenvalue weighted by Gasteiger charge is -2.27. The van der Waals surface area contributed by atoms with Crippen molar-refractivity contribution in [2.45, 2.75) is 59.0 Å². The maximum Gasteiger partial charge on any atom is 0.134 e. The third-order valence-corrected chi connectivity index (χ3v) is 3.31. The molecule has 4 heteroatoms. The van der Waals surface area contributed by atoms with Gasteiger partial charge in [-0.1, -0.05) is 56.8 Å². The molecule has 2 atom stereocenters. The fourth-order valence-corrected chi connectivity index (χ4v) is 2.63. The Balaban J connectivity index is 0.000000550. The minimum absolute atomic E-state index is 0.290. The first-order chi connectivity index (χ1) is 9.05. The summed E-state index contributed by atoms with van der Waals surface area (Å²) >= 11 is 11.6. The fraction of sp³-hybridized carbons (Fsp3) is 0.667. The second-order valence-corrected chi connectivity index (χ2v) is 5.94. The van der Waals surface area contributed by atoms with Crippen molar-refractivity contribution in [3.05, 3.63) is 22.4 Å². The summed E-state index contributed by atoms with van der Waals surface area (Å²) in [7, 11) is 0. The summed E-state index contributed by atoms with van der Waals surface area (Å²) in [4.78, 5) is 3.89. The van der Waals surface area contributed by atoms with Crippen LogP contribution in [0.15, 0.2) is 12.1 Å². The van der Waals surface area contributed by atoms with Crippen LogP contribution in [0.3, 0.4) is 0 Å². The molecule has 0 radical (unpaired) electrons. The molecule has 1 fully saturated rings. The maximum absolute atomic E-state index is 5.88. The number of hydrogen-bond donors (Lipinski definition) is 0. The van der Waals surface area contributed by atoms with Crippen molar-refractivity contribution >= 4 is 23.2 Å². The molecule has 0 saturated heterocycles. The third kappa shape index (κ3) is 6.49.